The van der Waals surface area contributed by atoms with Gasteiger partial charge in [0.2, 0.25) is 0 Å². The van der Waals surface area contributed by atoms with Gasteiger partial charge in [-0.2, -0.15) is 5.10 Å². The van der Waals surface area contributed by atoms with E-state index in [0.717, 1.165) is 43.4 Å². The molecule has 3 aromatic heterocycles. The lowest BCUT2D eigenvalue weighted by atomic mass is 9.97. The van der Waals surface area contributed by atoms with Crippen molar-refractivity contribution in [1.82, 2.24) is 39.0 Å². The summed E-state index contributed by atoms with van der Waals surface area (Å²) in [5.41, 5.74) is 1.05. The fourth-order valence-electron chi connectivity index (χ4n) is 3.42. The Labute approximate surface area is 150 Å². The summed E-state index contributed by atoms with van der Waals surface area (Å²) in [6.07, 6.45) is 6.07. The molecule has 1 atom stereocenters. The summed E-state index contributed by atoms with van der Waals surface area (Å²) in [5, 5.41) is 17.3. The smallest absolute Gasteiger partial charge is 0.154 e. The maximum absolute atomic E-state index is 4.49. The van der Waals surface area contributed by atoms with E-state index in [1.54, 1.807) is 6.20 Å². The highest BCUT2D eigenvalue weighted by molar-refractivity contribution is 7.05. The summed E-state index contributed by atoms with van der Waals surface area (Å²) >= 11 is 1.50. The van der Waals surface area contributed by atoms with Crippen LogP contribution in [-0.4, -0.2) is 52.1 Å². The van der Waals surface area contributed by atoms with E-state index < -0.39 is 0 Å². The predicted octanol–water partition coefficient (Wildman–Crippen LogP) is 1.60. The third-order valence-electron chi connectivity index (χ3n) is 4.84. The first kappa shape index (κ1) is 16.3. The third kappa shape index (κ3) is 3.47. The second kappa shape index (κ2) is 7.01. The molecule has 0 radical (unpaired) electrons. The third-order valence-corrected chi connectivity index (χ3v) is 5.65. The summed E-state index contributed by atoms with van der Waals surface area (Å²) in [4.78, 5) is 3.75. The van der Waals surface area contributed by atoms with E-state index in [1.807, 2.05) is 23.9 Å². The maximum Gasteiger partial charge on any atom is 0.154 e. The number of aromatic nitrogens is 7. The highest BCUT2D eigenvalue weighted by atomic mass is 32.1. The van der Waals surface area contributed by atoms with Gasteiger partial charge in [-0.05, 0) is 43.9 Å². The van der Waals surface area contributed by atoms with Crippen molar-refractivity contribution in [3.05, 3.63) is 40.7 Å². The molecule has 0 aliphatic carbocycles. The SMILES string of the molecule is Cc1nnsc1CN1CCC[C@@H](c2nnc(Cn3cccn3)n2C)C1. The normalized spacial score (nSPS) is 18.7. The number of hydrogen-bond donors (Lipinski definition) is 0. The zero-order chi connectivity index (χ0) is 17.2. The van der Waals surface area contributed by atoms with Gasteiger partial charge >= 0.3 is 0 Å². The van der Waals surface area contributed by atoms with Crippen molar-refractivity contribution >= 4 is 11.5 Å². The lowest BCUT2D eigenvalue weighted by Crippen LogP contribution is -2.34. The summed E-state index contributed by atoms with van der Waals surface area (Å²) < 4.78 is 8.06. The zero-order valence-corrected chi connectivity index (χ0v) is 15.4. The lowest BCUT2D eigenvalue weighted by Gasteiger charge is -2.31. The quantitative estimate of drug-likeness (QED) is 0.689. The van der Waals surface area contributed by atoms with E-state index in [4.69, 9.17) is 0 Å². The molecule has 8 nitrogen and oxygen atoms in total. The predicted molar refractivity (Wildman–Crippen MR) is 94.2 cm³/mol. The van der Waals surface area contributed by atoms with Crippen LogP contribution in [0.2, 0.25) is 0 Å². The molecule has 3 aromatic rings. The van der Waals surface area contributed by atoms with E-state index in [-0.39, 0.29) is 0 Å². The molecule has 4 rings (SSSR count). The van der Waals surface area contributed by atoms with Crippen molar-refractivity contribution < 1.29 is 0 Å². The number of rotatable bonds is 5. The van der Waals surface area contributed by atoms with Crippen LogP contribution in [0.3, 0.4) is 0 Å². The second-order valence-corrected chi connectivity index (χ2v) is 7.43. The van der Waals surface area contributed by atoms with Crippen LogP contribution in [0.15, 0.2) is 18.5 Å². The van der Waals surface area contributed by atoms with E-state index in [0.29, 0.717) is 12.5 Å². The average Bonchev–Trinajstić information content (AvgIpc) is 3.33. The van der Waals surface area contributed by atoms with Crippen LogP contribution in [0.1, 0.15) is 41.0 Å². The minimum atomic E-state index is 0.416. The molecule has 132 valence electrons. The Morgan fingerprint density at radius 3 is 2.92 bits per heavy atom. The summed E-state index contributed by atoms with van der Waals surface area (Å²) in [6, 6.07) is 1.92. The second-order valence-electron chi connectivity index (χ2n) is 6.59. The first-order chi connectivity index (χ1) is 12.2. The molecular formula is C16H22N8S. The topological polar surface area (TPSA) is 77.6 Å². The molecule has 1 aliphatic rings. The van der Waals surface area contributed by atoms with Gasteiger partial charge in [0.05, 0.1) is 10.6 Å². The lowest BCUT2D eigenvalue weighted by molar-refractivity contribution is 0.196. The van der Waals surface area contributed by atoms with Gasteiger partial charge in [-0.15, -0.1) is 15.3 Å². The molecule has 9 heteroatoms. The number of likely N-dealkylation sites (tertiary alicyclic amines) is 1. The van der Waals surface area contributed by atoms with Crippen molar-refractivity contribution in [2.75, 3.05) is 13.1 Å². The van der Waals surface area contributed by atoms with Gasteiger partial charge in [-0.25, -0.2) is 0 Å². The molecule has 0 aromatic carbocycles. The van der Waals surface area contributed by atoms with Crippen molar-refractivity contribution in [1.29, 1.82) is 0 Å². The first-order valence-corrected chi connectivity index (χ1v) is 9.34. The van der Waals surface area contributed by atoms with Gasteiger partial charge in [-0.3, -0.25) is 9.58 Å². The minimum absolute atomic E-state index is 0.416. The van der Waals surface area contributed by atoms with Gasteiger partial charge in [0, 0.05) is 38.4 Å². The zero-order valence-electron chi connectivity index (χ0n) is 14.5. The van der Waals surface area contributed by atoms with Crippen LogP contribution in [0.25, 0.3) is 0 Å². The Bertz CT molecular complexity index is 821. The van der Waals surface area contributed by atoms with E-state index in [1.165, 1.54) is 22.8 Å². The van der Waals surface area contributed by atoms with Crippen LogP contribution in [-0.2, 0) is 20.1 Å². The number of aryl methyl sites for hydroxylation is 1. The average molecular weight is 358 g/mol. The van der Waals surface area contributed by atoms with Crippen molar-refractivity contribution in [2.45, 2.75) is 38.8 Å². The molecular weight excluding hydrogens is 336 g/mol. The summed E-state index contributed by atoms with van der Waals surface area (Å²) in [5.74, 6) is 2.43. The van der Waals surface area contributed by atoms with E-state index in [2.05, 4.69) is 41.4 Å². The van der Waals surface area contributed by atoms with Crippen LogP contribution in [0.5, 0.6) is 0 Å². The maximum atomic E-state index is 4.49. The van der Waals surface area contributed by atoms with Gasteiger partial charge < -0.3 is 4.57 Å². The van der Waals surface area contributed by atoms with Crippen molar-refractivity contribution in [2.24, 2.45) is 7.05 Å². The highest BCUT2D eigenvalue weighted by Crippen LogP contribution is 2.27. The fraction of sp³-hybridized carbons (Fsp3) is 0.562. The molecule has 0 unspecified atom stereocenters. The molecule has 1 fully saturated rings. The molecule has 0 bridgehead atoms. The highest BCUT2D eigenvalue weighted by Gasteiger charge is 2.26. The number of nitrogens with zero attached hydrogens (tertiary/aromatic N) is 8. The Morgan fingerprint density at radius 2 is 2.16 bits per heavy atom. The summed E-state index contributed by atoms with van der Waals surface area (Å²) in [6.45, 7) is 5.73. The molecule has 4 heterocycles. The largest absolute Gasteiger partial charge is 0.316 e. The number of hydrogen-bond acceptors (Lipinski definition) is 7. The first-order valence-electron chi connectivity index (χ1n) is 8.56. The molecule has 0 N–H and O–H groups in total. The van der Waals surface area contributed by atoms with E-state index >= 15 is 0 Å². The minimum Gasteiger partial charge on any atom is -0.316 e. The van der Waals surface area contributed by atoms with E-state index in [9.17, 15) is 0 Å². The van der Waals surface area contributed by atoms with Gasteiger partial charge in [0.1, 0.15) is 12.4 Å². The van der Waals surface area contributed by atoms with Gasteiger partial charge in [0.25, 0.3) is 0 Å². The molecule has 0 spiro atoms. The molecule has 25 heavy (non-hydrogen) atoms. The Morgan fingerprint density at radius 1 is 1.24 bits per heavy atom. The van der Waals surface area contributed by atoms with Gasteiger partial charge in [-0.1, -0.05) is 4.49 Å². The fourth-order valence-corrected chi connectivity index (χ4v) is 4.09. The Hall–Kier alpha value is -2.13. The van der Waals surface area contributed by atoms with Crippen LogP contribution >= 0.6 is 11.5 Å². The van der Waals surface area contributed by atoms with Crippen molar-refractivity contribution in [3.8, 4) is 0 Å². The standard InChI is InChI=1S/C16H22N8S/c1-12-14(25-21-18-12)10-23-7-3-5-13(9-23)16-20-19-15(22(16)2)11-24-8-4-6-17-24/h4,6,8,13H,3,5,7,9-11H2,1-2H3/t13-/m1/s1. The van der Waals surface area contributed by atoms with Crippen LogP contribution < -0.4 is 0 Å². The molecule has 0 saturated carbocycles. The Kier molecular flexibility index (Phi) is 4.58. The molecule has 1 aliphatic heterocycles. The van der Waals surface area contributed by atoms with Crippen LogP contribution in [0.4, 0.5) is 0 Å². The monoisotopic (exact) mass is 358 g/mol. The summed E-state index contributed by atoms with van der Waals surface area (Å²) in [7, 11) is 2.06. The van der Waals surface area contributed by atoms with Crippen molar-refractivity contribution in [3.63, 3.8) is 0 Å². The number of piperidine rings is 1. The Balaban J connectivity index is 1.46. The van der Waals surface area contributed by atoms with Crippen LogP contribution in [0, 0.1) is 6.92 Å². The molecule has 1 saturated heterocycles. The molecule has 0 amide bonds. The van der Waals surface area contributed by atoms with Gasteiger partial charge in [0.15, 0.2) is 5.82 Å².